The van der Waals surface area contributed by atoms with E-state index in [0.717, 1.165) is 19.1 Å². The summed E-state index contributed by atoms with van der Waals surface area (Å²) in [6.07, 6.45) is 4.11. The summed E-state index contributed by atoms with van der Waals surface area (Å²) in [5.41, 5.74) is 0. The number of carbonyl (C=O) groups excluding carboxylic acids is 1. The summed E-state index contributed by atoms with van der Waals surface area (Å²) in [4.78, 5) is 11.8. The van der Waals surface area contributed by atoms with E-state index in [1.807, 2.05) is 6.07 Å². The Morgan fingerprint density at radius 2 is 1.68 bits per heavy atom. The van der Waals surface area contributed by atoms with Gasteiger partial charge in [0.25, 0.3) is 0 Å². The molecule has 1 aromatic carbocycles. The Hall–Kier alpha value is -0.766. The van der Waals surface area contributed by atoms with Gasteiger partial charge < -0.3 is 9.22 Å². The molecule has 1 aromatic rings. The van der Waals surface area contributed by atoms with E-state index < -0.39 is 30.6 Å². The summed E-state index contributed by atoms with van der Waals surface area (Å²) < 4.78 is 34.7. The van der Waals surface area contributed by atoms with Crippen molar-refractivity contribution >= 4 is 32.5 Å². The van der Waals surface area contributed by atoms with Crippen LogP contribution in [0.1, 0.15) is 52.9 Å². The standard InChI is InChI=1S/C24H42O4SSi2/c1-23(2,3)31(7,8)28-22-17-12-18-24(30(4,5)6,21(22)16-13-19-25)29(26,27)20-14-10-9-11-15-20/h9-11,14-15,19,21-22H,12-13,16-18H2,1-8H3/t21-,22+,24?/m0/s1. The maximum absolute atomic E-state index is 14.3. The fourth-order valence-corrected chi connectivity index (χ4v) is 14.5. The third kappa shape index (κ3) is 4.94. The Bertz CT molecular complexity index is 854. The van der Waals surface area contributed by atoms with Crippen molar-refractivity contribution in [3.63, 3.8) is 0 Å². The van der Waals surface area contributed by atoms with Gasteiger partial charge in [-0.15, -0.1) is 0 Å². The van der Waals surface area contributed by atoms with Gasteiger partial charge in [0.05, 0.1) is 17.3 Å². The second-order valence-electron chi connectivity index (χ2n) is 11.6. The molecule has 0 N–H and O–H groups in total. The zero-order valence-corrected chi connectivity index (χ0v) is 23.5. The van der Waals surface area contributed by atoms with E-state index in [1.54, 1.807) is 24.3 Å². The number of benzene rings is 1. The molecule has 1 unspecified atom stereocenters. The molecule has 0 radical (unpaired) electrons. The number of hydrogen-bond acceptors (Lipinski definition) is 4. The van der Waals surface area contributed by atoms with E-state index in [4.69, 9.17) is 4.43 Å². The summed E-state index contributed by atoms with van der Waals surface area (Å²) >= 11 is 0. The average molecular weight is 483 g/mol. The number of sulfone groups is 1. The van der Waals surface area contributed by atoms with Gasteiger partial charge in [-0.05, 0) is 55.9 Å². The van der Waals surface area contributed by atoms with Crippen LogP contribution in [-0.2, 0) is 19.1 Å². The van der Waals surface area contributed by atoms with Crippen molar-refractivity contribution < 1.29 is 17.6 Å². The van der Waals surface area contributed by atoms with Crippen LogP contribution in [0.15, 0.2) is 35.2 Å². The third-order valence-electron chi connectivity index (χ3n) is 7.73. The molecule has 1 aliphatic rings. The second kappa shape index (κ2) is 9.23. The lowest BCUT2D eigenvalue weighted by Gasteiger charge is -2.55. The van der Waals surface area contributed by atoms with Crippen LogP contribution in [0, 0.1) is 5.92 Å². The summed E-state index contributed by atoms with van der Waals surface area (Å²) in [7, 11) is -7.97. The van der Waals surface area contributed by atoms with Gasteiger partial charge in [-0.3, -0.25) is 0 Å². The molecule has 1 saturated carbocycles. The molecule has 0 saturated heterocycles. The lowest BCUT2D eigenvalue weighted by atomic mass is 9.82. The SMILES string of the molecule is CC(C)(C)[Si](C)(C)O[C@@H]1CCCC([Si](C)(C)C)(S(=O)(=O)c2ccccc2)[C@H]1CCC=O. The molecule has 1 fully saturated rings. The highest BCUT2D eigenvalue weighted by molar-refractivity contribution is 7.94. The molecule has 0 bridgehead atoms. The van der Waals surface area contributed by atoms with Gasteiger partial charge in [0.15, 0.2) is 18.2 Å². The van der Waals surface area contributed by atoms with Crippen LogP contribution in [0.3, 0.4) is 0 Å². The van der Waals surface area contributed by atoms with Gasteiger partial charge in [-0.1, -0.05) is 58.6 Å². The van der Waals surface area contributed by atoms with Gasteiger partial charge in [-0.2, -0.15) is 0 Å². The van der Waals surface area contributed by atoms with Gasteiger partial charge in [0.1, 0.15) is 6.29 Å². The van der Waals surface area contributed by atoms with Crippen LogP contribution in [-0.4, -0.2) is 41.6 Å². The highest BCUT2D eigenvalue weighted by Gasteiger charge is 2.62. The maximum Gasteiger partial charge on any atom is 0.192 e. The predicted molar refractivity (Wildman–Crippen MR) is 134 cm³/mol. The van der Waals surface area contributed by atoms with Gasteiger partial charge >= 0.3 is 0 Å². The Kier molecular flexibility index (Phi) is 7.89. The lowest BCUT2D eigenvalue weighted by molar-refractivity contribution is -0.108. The maximum atomic E-state index is 14.3. The zero-order valence-electron chi connectivity index (χ0n) is 20.7. The fourth-order valence-electron chi connectivity index (χ4n) is 5.09. The second-order valence-corrected chi connectivity index (χ2v) is 24.3. The van der Waals surface area contributed by atoms with E-state index in [1.165, 1.54) is 0 Å². The lowest BCUT2D eigenvalue weighted by Crippen LogP contribution is -2.67. The number of aldehydes is 1. The predicted octanol–water partition coefficient (Wildman–Crippen LogP) is 6.25. The van der Waals surface area contributed by atoms with Gasteiger partial charge in [0, 0.05) is 18.4 Å². The topological polar surface area (TPSA) is 60.4 Å². The largest absolute Gasteiger partial charge is 0.414 e. The minimum Gasteiger partial charge on any atom is -0.414 e. The van der Waals surface area contributed by atoms with Crippen LogP contribution < -0.4 is 0 Å². The molecule has 0 amide bonds. The zero-order chi connectivity index (χ0) is 23.7. The highest BCUT2D eigenvalue weighted by atomic mass is 32.2. The third-order valence-corrected chi connectivity index (χ3v) is 20.4. The first-order valence-corrected chi connectivity index (χ1v) is 19.4. The molecule has 2 rings (SSSR count). The van der Waals surface area contributed by atoms with Crippen LogP contribution in [0.5, 0.6) is 0 Å². The summed E-state index contributed by atoms with van der Waals surface area (Å²) in [5.74, 6) is -0.169. The van der Waals surface area contributed by atoms with Crippen molar-refractivity contribution in [3.8, 4) is 0 Å². The summed E-state index contributed by atoms with van der Waals surface area (Å²) in [5, 5.41) is 0.0415. The van der Waals surface area contributed by atoms with Crippen molar-refractivity contribution in [3.05, 3.63) is 30.3 Å². The molecule has 1 aliphatic carbocycles. The molecule has 4 nitrogen and oxygen atoms in total. The average Bonchev–Trinajstić information content (AvgIpc) is 2.65. The van der Waals surface area contributed by atoms with Crippen molar-refractivity contribution in [2.75, 3.05) is 0 Å². The Balaban J connectivity index is 2.69. The Morgan fingerprint density at radius 3 is 2.16 bits per heavy atom. The van der Waals surface area contributed by atoms with Crippen LogP contribution in [0.2, 0.25) is 37.8 Å². The highest BCUT2D eigenvalue weighted by Crippen LogP contribution is 2.52. The normalized spacial score (nSPS) is 25.9. The molecular weight excluding hydrogens is 440 g/mol. The van der Waals surface area contributed by atoms with Gasteiger partial charge in [0.2, 0.25) is 0 Å². The minimum atomic E-state index is -3.60. The van der Waals surface area contributed by atoms with E-state index in [-0.39, 0.29) is 17.1 Å². The summed E-state index contributed by atoms with van der Waals surface area (Å²) in [6.45, 7) is 17.7. The smallest absolute Gasteiger partial charge is 0.192 e. The van der Waals surface area contributed by atoms with Crippen molar-refractivity contribution in [2.45, 2.75) is 106 Å². The molecule has 0 aliphatic heterocycles. The number of carbonyl (C=O) groups is 1. The first-order valence-electron chi connectivity index (χ1n) is 11.5. The van der Waals surface area contributed by atoms with E-state index in [9.17, 15) is 13.2 Å². The van der Waals surface area contributed by atoms with Crippen molar-refractivity contribution in [2.24, 2.45) is 5.92 Å². The first kappa shape index (κ1) is 26.5. The quantitative estimate of drug-likeness (QED) is 0.325. The van der Waals surface area contributed by atoms with Crippen LogP contribution >= 0.6 is 0 Å². The van der Waals surface area contributed by atoms with Crippen molar-refractivity contribution in [1.82, 2.24) is 0 Å². The fraction of sp³-hybridized carbons (Fsp3) is 0.708. The summed E-state index contributed by atoms with van der Waals surface area (Å²) in [6, 6.07) is 8.92. The molecular formula is C24H42O4SSi2. The van der Waals surface area contributed by atoms with E-state index in [2.05, 4.69) is 53.5 Å². The van der Waals surface area contributed by atoms with E-state index in [0.29, 0.717) is 24.2 Å². The monoisotopic (exact) mass is 482 g/mol. The molecule has 0 heterocycles. The molecule has 7 heteroatoms. The first-order chi connectivity index (χ1) is 14.1. The number of hydrogen-bond donors (Lipinski definition) is 0. The number of rotatable bonds is 8. The van der Waals surface area contributed by atoms with E-state index >= 15 is 0 Å². The Labute approximate surface area is 192 Å². The Morgan fingerprint density at radius 1 is 1.10 bits per heavy atom. The molecule has 0 aromatic heterocycles. The molecule has 3 atom stereocenters. The van der Waals surface area contributed by atoms with Crippen LogP contribution in [0.25, 0.3) is 0 Å². The molecule has 0 spiro atoms. The van der Waals surface area contributed by atoms with Gasteiger partial charge in [-0.25, -0.2) is 8.42 Å². The molecule has 176 valence electrons. The van der Waals surface area contributed by atoms with Crippen LogP contribution in [0.4, 0.5) is 0 Å². The van der Waals surface area contributed by atoms with Crippen molar-refractivity contribution in [1.29, 1.82) is 0 Å². The minimum absolute atomic E-state index is 0.0415. The molecule has 31 heavy (non-hydrogen) atoms.